The van der Waals surface area contributed by atoms with E-state index >= 15 is 0 Å². The Morgan fingerprint density at radius 2 is 2.00 bits per heavy atom. The summed E-state index contributed by atoms with van der Waals surface area (Å²) in [6, 6.07) is 11.5. The Bertz CT molecular complexity index is 644. The van der Waals surface area contributed by atoms with Gasteiger partial charge in [-0.05, 0) is 36.2 Å². The SMILES string of the molecule is O=C(CCc1ccc2c(c1)OCCO2)NCc1ccccn1. The summed E-state index contributed by atoms with van der Waals surface area (Å²) < 4.78 is 11.0. The van der Waals surface area contributed by atoms with Crippen molar-refractivity contribution in [1.29, 1.82) is 0 Å². The van der Waals surface area contributed by atoms with Crippen LogP contribution in [0.3, 0.4) is 0 Å². The Morgan fingerprint density at radius 1 is 1.14 bits per heavy atom. The number of hydrogen-bond donors (Lipinski definition) is 1. The highest BCUT2D eigenvalue weighted by Crippen LogP contribution is 2.30. The van der Waals surface area contributed by atoms with Crippen molar-refractivity contribution in [2.45, 2.75) is 19.4 Å². The third-order valence-corrected chi connectivity index (χ3v) is 3.44. The minimum absolute atomic E-state index is 0.0144. The Labute approximate surface area is 129 Å². The van der Waals surface area contributed by atoms with E-state index in [1.54, 1.807) is 6.20 Å². The van der Waals surface area contributed by atoms with E-state index in [-0.39, 0.29) is 5.91 Å². The molecule has 0 aliphatic carbocycles. The highest BCUT2D eigenvalue weighted by molar-refractivity contribution is 5.76. The van der Waals surface area contributed by atoms with E-state index in [9.17, 15) is 4.79 Å². The number of nitrogens with one attached hydrogen (secondary N) is 1. The van der Waals surface area contributed by atoms with Gasteiger partial charge in [0.25, 0.3) is 0 Å². The number of carbonyl (C=O) groups is 1. The maximum atomic E-state index is 11.9. The molecule has 22 heavy (non-hydrogen) atoms. The number of aromatic nitrogens is 1. The fraction of sp³-hybridized carbons (Fsp3) is 0.294. The lowest BCUT2D eigenvalue weighted by molar-refractivity contribution is -0.121. The van der Waals surface area contributed by atoms with Crippen molar-refractivity contribution in [3.05, 3.63) is 53.9 Å². The lowest BCUT2D eigenvalue weighted by atomic mass is 10.1. The monoisotopic (exact) mass is 298 g/mol. The van der Waals surface area contributed by atoms with Crippen molar-refractivity contribution < 1.29 is 14.3 Å². The molecule has 3 rings (SSSR count). The second-order valence-corrected chi connectivity index (χ2v) is 5.08. The van der Waals surface area contributed by atoms with Gasteiger partial charge in [0.15, 0.2) is 11.5 Å². The normalized spacial score (nSPS) is 12.7. The maximum absolute atomic E-state index is 11.9. The lowest BCUT2D eigenvalue weighted by Gasteiger charge is -2.18. The summed E-state index contributed by atoms with van der Waals surface area (Å²) in [5, 5.41) is 2.87. The average Bonchev–Trinajstić information content (AvgIpc) is 2.59. The number of nitrogens with zero attached hydrogens (tertiary/aromatic N) is 1. The van der Waals surface area contributed by atoms with Gasteiger partial charge in [-0.2, -0.15) is 0 Å². The van der Waals surface area contributed by atoms with Crippen LogP contribution in [0.25, 0.3) is 0 Å². The molecular weight excluding hydrogens is 280 g/mol. The van der Waals surface area contributed by atoms with Gasteiger partial charge in [-0.1, -0.05) is 12.1 Å². The Morgan fingerprint density at radius 3 is 2.82 bits per heavy atom. The number of benzene rings is 1. The largest absolute Gasteiger partial charge is 0.486 e. The summed E-state index contributed by atoms with van der Waals surface area (Å²) in [4.78, 5) is 16.1. The molecule has 1 aromatic carbocycles. The summed E-state index contributed by atoms with van der Waals surface area (Å²) in [7, 11) is 0. The Kier molecular flexibility index (Phi) is 4.53. The standard InChI is InChI=1S/C17H18N2O3/c20-17(19-12-14-3-1-2-8-18-14)7-5-13-4-6-15-16(11-13)22-10-9-21-15/h1-4,6,8,11H,5,7,9-10,12H2,(H,19,20). The van der Waals surface area contributed by atoms with Gasteiger partial charge in [-0.3, -0.25) is 9.78 Å². The second-order valence-electron chi connectivity index (χ2n) is 5.08. The summed E-state index contributed by atoms with van der Waals surface area (Å²) in [6.45, 7) is 1.62. The van der Waals surface area contributed by atoms with Crippen LogP contribution in [0, 0.1) is 0 Å². The predicted molar refractivity (Wildman–Crippen MR) is 81.8 cm³/mol. The van der Waals surface area contributed by atoms with E-state index in [1.165, 1.54) is 0 Å². The third kappa shape index (κ3) is 3.75. The number of amides is 1. The molecule has 0 fully saturated rings. The first-order chi connectivity index (χ1) is 10.8. The van der Waals surface area contributed by atoms with E-state index in [0.717, 1.165) is 22.8 Å². The summed E-state index contributed by atoms with van der Waals surface area (Å²) in [5.74, 6) is 1.55. The molecule has 0 spiro atoms. The van der Waals surface area contributed by atoms with Crippen LogP contribution in [-0.4, -0.2) is 24.1 Å². The molecule has 1 aromatic heterocycles. The quantitative estimate of drug-likeness (QED) is 0.918. The fourth-order valence-electron chi connectivity index (χ4n) is 2.28. The number of rotatable bonds is 5. The van der Waals surface area contributed by atoms with Crippen LogP contribution >= 0.6 is 0 Å². The van der Waals surface area contributed by atoms with Crippen molar-refractivity contribution in [2.24, 2.45) is 0 Å². The first-order valence-corrected chi connectivity index (χ1v) is 7.36. The number of carbonyl (C=O) groups excluding carboxylic acids is 1. The zero-order valence-corrected chi connectivity index (χ0v) is 12.2. The van der Waals surface area contributed by atoms with E-state index in [2.05, 4.69) is 10.3 Å². The van der Waals surface area contributed by atoms with Gasteiger partial charge in [0.1, 0.15) is 13.2 Å². The van der Waals surface area contributed by atoms with Crippen LogP contribution in [0.4, 0.5) is 0 Å². The van der Waals surface area contributed by atoms with Crippen LogP contribution in [0.2, 0.25) is 0 Å². The molecule has 0 atom stereocenters. The fourth-order valence-corrected chi connectivity index (χ4v) is 2.28. The van der Waals surface area contributed by atoms with Crippen molar-refractivity contribution in [2.75, 3.05) is 13.2 Å². The van der Waals surface area contributed by atoms with Gasteiger partial charge in [0.2, 0.25) is 5.91 Å². The highest BCUT2D eigenvalue weighted by Gasteiger charge is 2.12. The summed E-state index contributed by atoms with van der Waals surface area (Å²) in [5.41, 5.74) is 1.92. The molecule has 2 heterocycles. The zero-order chi connectivity index (χ0) is 15.2. The van der Waals surface area contributed by atoms with Gasteiger partial charge < -0.3 is 14.8 Å². The van der Waals surface area contributed by atoms with E-state index in [4.69, 9.17) is 9.47 Å². The van der Waals surface area contributed by atoms with Crippen molar-refractivity contribution in [3.63, 3.8) is 0 Å². The van der Waals surface area contributed by atoms with Crippen LogP contribution < -0.4 is 14.8 Å². The van der Waals surface area contributed by atoms with Gasteiger partial charge in [-0.15, -0.1) is 0 Å². The van der Waals surface area contributed by atoms with Crippen molar-refractivity contribution >= 4 is 5.91 Å². The molecule has 5 nitrogen and oxygen atoms in total. The average molecular weight is 298 g/mol. The molecule has 1 amide bonds. The van der Waals surface area contributed by atoms with E-state index in [1.807, 2.05) is 36.4 Å². The van der Waals surface area contributed by atoms with Gasteiger partial charge in [-0.25, -0.2) is 0 Å². The minimum Gasteiger partial charge on any atom is -0.486 e. The van der Waals surface area contributed by atoms with Crippen LogP contribution in [0.5, 0.6) is 11.5 Å². The Balaban J connectivity index is 1.48. The van der Waals surface area contributed by atoms with Crippen molar-refractivity contribution in [1.82, 2.24) is 10.3 Å². The molecular formula is C17H18N2O3. The third-order valence-electron chi connectivity index (χ3n) is 3.44. The maximum Gasteiger partial charge on any atom is 0.220 e. The Hall–Kier alpha value is -2.56. The van der Waals surface area contributed by atoms with Crippen LogP contribution in [0.15, 0.2) is 42.6 Å². The van der Waals surface area contributed by atoms with Gasteiger partial charge >= 0.3 is 0 Å². The molecule has 0 saturated carbocycles. The molecule has 0 radical (unpaired) electrons. The molecule has 1 N–H and O–H groups in total. The molecule has 5 heteroatoms. The summed E-state index contributed by atoms with van der Waals surface area (Å²) >= 11 is 0. The van der Waals surface area contributed by atoms with Crippen molar-refractivity contribution in [3.8, 4) is 11.5 Å². The van der Waals surface area contributed by atoms with E-state index < -0.39 is 0 Å². The predicted octanol–water partition coefficient (Wildman–Crippen LogP) is 2.10. The zero-order valence-electron chi connectivity index (χ0n) is 12.2. The molecule has 114 valence electrons. The second kappa shape index (κ2) is 6.93. The van der Waals surface area contributed by atoms with Gasteiger partial charge in [0.05, 0.1) is 12.2 Å². The number of hydrogen-bond acceptors (Lipinski definition) is 4. The number of fused-ring (bicyclic) bond motifs is 1. The lowest BCUT2D eigenvalue weighted by Crippen LogP contribution is -2.23. The molecule has 0 bridgehead atoms. The minimum atomic E-state index is 0.0144. The molecule has 1 aliphatic heterocycles. The molecule has 2 aromatic rings. The van der Waals surface area contributed by atoms with Gasteiger partial charge in [0, 0.05) is 12.6 Å². The number of aryl methyl sites for hydroxylation is 1. The van der Waals surface area contributed by atoms with Crippen LogP contribution in [-0.2, 0) is 17.8 Å². The van der Waals surface area contributed by atoms with E-state index in [0.29, 0.717) is 32.6 Å². The first kappa shape index (κ1) is 14.4. The first-order valence-electron chi connectivity index (χ1n) is 7.36. The molecule has 0 unspecified atom stereocenters. The highest BCUT2D eigenvalue weighted by atomic mass is 16.6. The summed E-state index contributed by atoms with van der Waals surface area (Å²) in [6.07, 6.45) is 2.83. The van der Waals surface area contributed by atoms with Crippen LogP contribution in [0.1, 0.15) is 17.7 Å². The number of pyridine rings is 1. The smallest absolute Gasteiger partial charge is 0.220 e. The topological polar surface area (TPSA) is 60.5 Å². The number of ether oxygens (including phenoxy) is 2. The molecule has 0 saturated heterocycles. The molecule has 1 aliphatic rings.